The lowest BCUT2D eigenvalue weighted by Gasteiger charge is -2.12. The molecule has 0 radical (unpaired) electrons. The number of aromatic amines is 1. The highest BCUT2D eigenvalue weighted by Gasteiger charge is 2.21. The summed E-state index contributed by atoms with van der Waals surface area (Å²) in [6, 6.07) is 5.24. The molecular weight excluding hydrogens is 294 g/mol. The van der Waals surface area contributed by atoms with Crippen molar-refractivity contribution in [2.45, 2.75) is 39.2 Å². The van der Waals surface area contributed by atoms with Crippen LogP contribution in [0.1, 0.15) is 47.1 Å². The molecule has 1 aliphatic carbocycles. The first kappa shape index (κ1) is 15.6. The van der Waals surface area contributed by atoms with Crippen LogP contribution in [0.2, 0.25) is 0 Å². The molecule has 1 aliphatic rings. The molecule has 2 aromatic rings. The van der Waals surface area contributed by atoms with Crippen molar-refractivity contribution < 1.29 is 14.6 Å². The van der Waals surface area contributed by atoms with Crippen molar-refractivity contribution in [1.82, 2.24) is 10.2 Å². The molecule has 0 unspecified atom stereocenters. The second kappa shape index (κ2) is 6.83. The number of carbonyl (C=O) groups excluding carboxylic acids is 1. The van der Waals surface area contributed by atoms with Crippen molar-refractivity contribution in [3.63, 3.8) is 0 Å². The van der Waals surface area contributed by atoms with Gasteiger partial charge in [0.25, 0.3) is 5.91 Å². The summed E-state index contributed by atoms with van der Waals surface area (Å²) in [5.74, 6) is 0.405. The number of hydrogen-bond donors (Lipinski definition) is 3. The van der Waals surface area contributed by atoms with E-state index in [0.717, 1.165) is 36.9 Å². The smallest absolute Gasteiger partial charge is 0.276 e. The van der Waals surface area contributed by atoms with E-state index < -0.39 is 0 Å². The number of rotatable bonds is 5. The highest BCUT2D eigenvalue weighted by Crippen LogP contribution is 2.25. The van der Waals surface area contributed by atoms with Crippen molar-refractivity contribution >= 4 is 11.6 Å². The van der Waals surface area contributed by atoms with Crippen molar-refractivity contribution in [3.8, 4) is 5.75 Å². The zero-order valence-electron chi connectivity index (χ0n) is 13.2. The van der Waals surface area contributed by atoms with Gasteiger partial charge in [-0.15, -0.1) is 0 Å². The van der Waals surface area contributed by atoms with Gasteiger partial charge in [0.05, 0.1) is 13.2 Å². The number of anilines is 1. The van der Waals surface area contributed by atoms with Gasteiger partial charge in [0.1, 0.15) is 5.75 Å². The maximum absolute atomic E-state index is 12.5. The minimum atomic E-state index is -0.225. The normalized spacial score (nSPS) is 13.5. The Balaban J connectivity index is 1.79. The number of aryl methyl sites for hydroxylation is 1. The average molecular weight is 315 g/mol. The summed E-state index contributed by atoms with van der Waals surface area (Å²) in [5.41, 5.74) is 3.84. The van der Waals surface area contributed by atoms with Gasteiger partial charge in [0.15, 0.2) is 5.69 Å². The van der Waals surface area contributed by atoms with Crippen LogP contribution < -0.4 is 10.1 Å². The van der Waals surface area contributed by atoms with Crippen LogP contribution in [0.4, 0.5) is 5.69 Å². The SMILES string of the molecule is CCOc1ccc(NC(=O)c2n[nH]c3c2CCCC3)cc1CO. The predicted molar refractivity (Wildman–Crippen MR) is 86.7 cm³/mol. The molecule has 3 N–H and O–H groups in total. The number of nitrogens with one attached hydrogen (secondary N) is 2. The lowest BCUT2D eigenvalue weighted by molar-refractivity contribution is 0.102. The van der Waals surface area contributed by atoms with Gasteiger partial charge in [-0.25, -0.2) is 0 Å². The number of fused-ring (bicyclic) bond motifs is 1. The first-order valence-corrected chi connectivity index (χ1v) is 7.97. The molecule has 0 atom stereocenters. The summed E-state index contributed by atoms with van der Waals surface area (Å²) < 4.78 is 5.44. The Labute approximate surface area is 134 Å². The molecule has 0 fully saturated rings. The van der Waals surface area contributed by atoms with Gasteiger partial charge < -0.3 is 15.2 Å². The minimum absolute atomic E-state index is 0.142. The van der Waals surface area contributed by atoms with Gasteiger partial charge in [0, 0.05) is 22.5 Å². The molecule has 6 heteroatoms. The molecule has 1 heterocycles. The zero-order chi connectivity index (χ0) is 16.2. The monoisotopic (exact) mass is 315 g/mol. The lowest BCUT2D eigenvalue weighted by atomic mass is 9.96. The van der Waals surface area contributed by atoms with Crippen LogP contribution in [0.15, 0.2) is 18.2 Å². The number of H-pyrrole nitrogens is 1. The average Bonchev–Trinajstić information content (AvgIpc) is 3.00. The Bertz CT molecular complexity index is 709. The van der Waals surface area contributed by atoms with E-state index in [-0.39, 0.29) is 12.5 Å². The van der Waals surface area contributed by atoms with E-state index in [4.69, 9.17) is 4.74 Å². The minimum Gasteiger partial charge on any atom is -0.494 e. The van der Waals surface area contributed by atoms with Gasteiger partial charge in [-0.2, -0.15) is 5.10 Å². The number of aliphatic hydroxyl groups excluding tert-OH is 1. The number of carbonyl (C=O) groups is 1. The maximum Gasteiger partial charge on any atom is 0.276 e. The fraction of sp³-hybridized carbons (Fsp3) is 0.412. The number of aliphatic hydroxyl groups is 1. The topological polar surface area (TPSA) is 87.2 Å². The summed E-state index contributed by atoms with van der Waals surface area (Å²) in [6.45, 7) is 2.27. The van der Waals surface area contributed by atoms with Crippen molar-refractivity contribution in [1.29, 1.82) is 0 Å². The van der Waals surface area contributed by atoms with E-state index in [2.05, 4.69) is 15.5 Å². The van der Waals surface area contributed by atoms with Crippen LogP contribution in [-0.2, 0) is 19.4 Å². The lowest BCUT2D eigenvalue weighted by Crippen LogP contribution is -2.16. The first-order valence-electron chi connectivity index (χ1n) is 7.97. The molecule has 23 heavy (non-hydrogen) atoms. The molecule has 3 rings (SSSR count). The van der Waals surface area contributed by atoms with Crippen LogP contribution in [0.3, 0.4) is 0 Å². The second-order valence-corrected chi connectivity index (χ2v) is 5.60. The van der Waals surface area contributed by atoms with Crippen molar-refractivity contribution in [2.24, 2.45) is 0 Å². The summed E-state index contributed by atoms with van der Waals surface area (Å²) in [4.78, 5) is 12.5. The Morgan fingerprint density at radius 1 is 1.39 bits per heavy atom. The molecule has 0 bridgehead atoms. The Morgan fingerprint density at radius 2 is 2.22 bits per heavy atom. The third-order valence-corrected chi connectivity index (χ3v) is 4.06. The number of nitrogens with zero attached hydrogens (tertiary/aromatic N) is 1. The maximum atomic E-state index is 12.5. The highest BCUT2D eigenvalue weighted by atomic mass is 16.5. The third-order valence-electron chi connectivity index (χ3n) is 4.06. The summed E-state index contributed by atoms with van der Waals surface area (Å²) in [5, 5.41) is 19.4. The van der Waals surface area contributed by atoms with E-state index >= 15 is 0 Å². The van der Waals surface area contributed by atoms with E-state index in [0.29, 0.717) is 29.3 Å². The Kier molecular flexibility index (Phi) is 4.62. The summed E-state index contributed by atoms with van der Waals surface area (Å²) >= 11 is 0. The van der Waals surface area contributed by atoms with Gasteiger partial charge in [-0.1, -0.05) is 0 Å². The first-order chi connectivity index (χ1) is 11.2. The molecule has 0 aliphatic heterocycles. The third kappa shape index (κ3) is 3.22. The predicted octanol–water partition coefficient (Wildman–Crippen LogP) is 2.43. The summed E-state index contributed by atoms with van der Waals surface area (Å²) in [6.07, 6.45) is 4.06. The molecular formula is C17H21N3O3. The van der Waals surface area contributed by atoms with Crippen molar-refractivity contribution in [3.05, 3.63) is 40.7 Å². The van der Waals surface area contributed by atoms with Crippen molar-refractivity contribution in [2.75, 3.05) is 11.9 Å². The number of hydrogen-bond acceptors (Lipinski definition) is 4. The number of aromatic nitrogens is 2. The molecule has 6 nitrogen and oxygen atoms in total. The second-order valence-electron chi connectivity index (χ2n) is 5.60. The van der Waals surface area contributed by atoms with Crippen LogP contribution in [0.25, 0.3) is 0 Å². The molecule has 1 aromatic carbocycles. The molecule has 122 valence electrons. The van der Waals surface area contributed by atoms with Gasteiger partial charge >= 0.3 is 0 Å². The quantitative estimate of drug-likeness (QED) is 0.791. The Morgan fingerprint density at radius 3 is 3.00 bits per heavy atom. The van der Waals surface area contributed by atoms with Crippen LogP contribution in [0, 0.1) is 0 Å². The molecule has 1 aromatic heterocycles. The summed E-state index contributed by atoms with van der Waals surface area (Å²) in [7, 11) is 0. The number of benzene rings is 1. The molecule has 0 saturated heterocycles. The molecule has 0 saturated carbocycles. The highest BCUT2D eigenvalue weighted by molar-refractivity contribution is 6.04. The van der Waals surface area contributed by atoms with Crippen LogP contribution >= 0.6 is 0 Å². The largest absolute Gasteiger partial charge is 0.494 e. The van der Waals surface area contributed by atoms with Crippen LogP contribution in [0.5, 0.6) is 5.75 Å². The fourth-order valence-corrected chi connectivity index (χ4v) is 2.94. The standard InChI is InChI=1S/C17H21N3O3/c1-2-23-15-8-7-12(9-11(15)10-21)18-17(22)16-13-5-3-4-6-14(13)19-20-16/h7-9,21H,2-6,10H2,1H3,(H,18,22)(H,19,20). The van der Waals surface area contributed by atoms with Gasteiger partial charge in [-0.05, 0) is 50.8 Å². The van der Waals surface area contributed by atoms with E-state index in [9.17, 15) is 9.90 Å². The zero-order valence-corrected chi connectivity index (χ0v) is 13.2. The van der Waals surface area contributed by atoms with E-state index in [1.807, 2.05) is 6.92 Å². The number of ether oxygens (including phenoxy) is 1. The Hall–Kier alpha value is -2.34. The van der Waals surface area contributed by atoms with Gasteiger partial charge in [-0.3, -0.25) is 9.89 Å². The van der Waals surface area contributed by atoms with Gasteiger partial charge in [0.2, 0.25) is 0 Å². The van der Waals surface area contributed by atoms with E-state index in [1.54, 1.807) is 18.2 Å². The molecule has 1 amide bonds. The van der Waals surface area contributed by atoms with Crippen LogP contribution in [-0.4, -0.2) is 27.8 Å². The number of amides is 1. The molecule has 0 spiro atoms. The fourth-order valence-electron chi connectivity index (χ4n) is 2.94. The van der Waals surface area contributed by atoms with E-state index in [1.165, 1.54) is 0 Å².